The van der Waals surface area contributed by atoms with Gasteiger partial charge in [-0.2, -0.15) is 4.31 Å². The number of carbonyl (C=O) groups excluding carboxylic acids is 2. The lowest BCUT2D eigenvalue weighted by molar-refractivity contribution is -0.00834. The van der Waals surface area contributed by atoms with E-state index in [4.69, 9.17) is 9.47 Å². The third-order valence-corrected chi connectivity index (χ3v) is 11.1. The molecule has 11 nitrogen and oxygen atoms in total. The number of sulfonamides is 1. The molecule has 3 amide bonds. The maximum atomic E-state index is 14.5. The van der Waals surface area contributed by atoms with Gasteiger partial charge >= 0.3 is 6.03 Å². The molecule has 0 unspecified atom stereocenters. The Morgan fingerprint density at radius 3 is 2.50 bits per heavy atom. The smallest absolute Gasteiger partial charge is 0.323 e. The molecule has 52 heavy (non-hydrogen) atoms. The van der Waals surface area contributed by atoms with Gasteiger partial charge < -0.3 is 30.1 Å². The van der Waals surface area contributed by atoms with Gasteiger partial charge in [0.2, 0.25) is 10.0 Å². The summed E-state index contributed by atoms with van der Waals surface area (Å²) in [5, 5.41) is 17.9. The van der Waals surface area contributed by atoms with Crippen molar-refractivity contribution in [2.45, 2.75) is 63.2 Å². The molecule has 1 heterocycles. The van der Waals surface area contributed by atoms with Gasteiger partial charge in [-0.05, 0) is 87.0 Å². The zero-order valence-corrected chi connectivity index (χ0v) is 30.7. The summed E-state index contributed by atoms with van der Waals surface area (Å²) in [5.41, 5.74) is 1.19. The van der Waals surface area contributed by atoms with Gasteiger partial charge in [0.15, 0.2) is 0 Å². The van der Waals surface area contributed by atoms with Gasteiger partial charge in [-0.1, -0.05) is 43.3 Å². The first-order valence-electron chi connectivity index (χ1n) is 17.5. The van der Waals surface area contributed by atoms with Crippen molar-refractivity contribution >= 4 is 44.1 Å². The largest absolute Gasteiger partial charge is 0.490 e. The van der Waals surface area contributed by atoms with Crippen LogP contribution in [-0.4, -0.2) is 86.3 Å². The Morgan fingerprint density at radius 1 is 1.02 bits per heavy atom. The Kier molecular flexibility index (Phi) is 12.9. The highest BCUT2D eigenvalue weighted by Gasteiger charge is 2.32. The van der Waals surface area contributed by atoms with Crippen molar-refractivity contribution in [3.05, 3.63) is 96.3 Å². The summed E-state index contributed by atoms with van der Waals surface area (Å²) in [4.78, 5) is 29.1. The van der Waals surface area contributed by atoms with E-state index in [2.05, 4.69) is 10.6 Å². The highest BCUT2D eigenvalue weighted by atomic mass is 32.2. The Labute approximate surface area is 304 Å². The number of hydrogen-bond acceptors (Lipinski definition) is 7. The molecule has 4 aromatic carbocycles. The number of urea groups is 1. The number of rotatable bonds is 8. The predicted molar refractivity (Wildman–Crippen MR) is 200 cm³/mol. The molecular formula is C39H47FN4O7S. The standard InChI is InChI=1S/C39H47FN4O7S/c1-26-23-44(27(2)25-45)38(46)34-22-31(41-39(47)42-35-14-9-12-29-11-5-6-13-33(29)35)17-20-36(34)51-28(3)10-7-8-21-50-37(26)24-43(4)52(48,49)32-18-15-30(40)16-19-32/h5-6,9,11-20,22,26-28,37,45H,7-8,10,21,23-25H2,1-4H3,(H2,41,42,47)/t26-,27+,28-,37+/m1/s1. The number of nitrogens with one attached hydrogen (secondary N) is 2. The number of halogens is 1. The number of aliphatic hydroxyl groups is 1. The van der Waals surface area contributed by atoms with E-state index in [1.807, 2.05) is 56.3 Å². The predicted octanol–water partition coefficient (Wildman–Crippen LogP) is 6.74. The van der Waals surface area contributed by atoms with Crippen LogP contribution in [0.15, 0.2) is 89.8 Å². The monoisotopic (exact) mass is 734 g/mol. The Hall–Kier alpha value is -4.56. The van der Waals surface area contributed by atoms with Crippen molar-refractivity contribution in [2.75, 3.05) is 44.0 Å². The van der Waals surface area contributed by atoms with Crippen LogP contribution in [0.3, 0.4) is 0 Å². The molecule has 0 spiro atoms. The van der Waals surface area contributed by atoms with E-state index in [0.717, 1.165) is 29.3 Å². The normalized spacial score (nSPS) is 19.7. The fourth-order valence-electron chi connectivity index (χ4n) is 6.22. The number of amides is 3. The van der Waals surface area contributed by atoms with Gasteiger partial charge in [0.25, 0.3) is 5.91 Å². The molecule has 3 N–H and O–H groups in total. The van der Waals surface area contributed by atoms with Crippen molar-refractivity contribution in [1.29, 1.82) is 0 Å². The van der Waals surface area contributed by atoms with E-state index in [9.17, 15) is 27.5 Å². The third-order valence-electron chi connectivity index (χ3n) is 9.31. The van der Waals surface area contributed by atoms with E-state index >= 15 is 0 Å². The minimum atomic E-state index is -3.97. The highest BCUT2D eigenvalue weighted by Crippen LogP contribution is 2.30. The van der Waals surface area contributed by atoms with Crippen molar-refractivity contribution in [3.63, 3.8) is 0 Å². The van der Waals surface area contributed by atoms with Gasteiger partial charge in [0.05, 0.1) is 41.0 Å². The lowest BCUT2D eigenvalue weighted by Gasteiger charge is -2.35. The molecule has 1 aliphatic heterocycles. The molecule has 278 valence electrons. The minimum Gasteiger partial charge on any atom is -0.490 e. The van der Waals surface area contributed by atoms with Crippen LogP contribution in [0, 0.1) is 11.7 Å². The zero-order chi connectivity index (χ0) is 37.4. The Bertz CT molecular complexity index is 1950. The average molecular weight is 735 g/mol. The highest BCUT2D eigenvalue weighted by molar-refractivity contribution is 7.89. The summed E-state index contributed by atoms with van der Waals surface area (Å²) in [6.45, 7) is 5.63. The van der Waals surface area contributed by atoms with E-state index < -0.39 is 39.9 Å². The number of carbonyl (C=O) groups is 2. The number of benzene rings is 4. The quantitative estimate of drug-likeness (QED) is 0.182. The first-order valence-corrected chi connectivity index (χ1v) is 18.9. The third kappa shape index (κ3) is 9.45. The molecule has 0 saturated heterocycles. The molecule has 1 aliphatic rings. The molecular weight excluding hydrogens is 688 g/mol. The maximum absolute atomic E-state index is 14.5. The first kappa shape index (κ1) is 38.7. The number of hydrogen-bond donors (Lipinski definition) is 3. The molecule has 5 rings (SSSR count). The van der Waals surface area contributed by atoms with E-state index in [0.29, 0.717) is 36.6 Å². The van der Waals surface area contributed by atoms with Crippen LogP contribution in [0.5, 0.6) is 5.75 Å². The van der Waals surface area contributed by atoms with E-state index in [-0.39, 0.29) is 42.2 Å². The lowest BCUT2D eigenvalue weighted by Crippen LogP contribution is -2.48. The van der Waals surface area contributed by atoms with Gasteiger partial charge in [-0.15, -0.1) is 0 Å². The second-order valence-electron chi connectivity index (χ2n) is 13.4. The van der Waals surface area contributed by atoms with Crippen molar-refractivity contribution in [3.8, 4) is 5.75 Å². The van der Waals surface area contributed by atoms with Crippen LogP contribution in [-0.2, 0) is 14.8 Å². The summed E-state index contributed by atoms with van der Waals surface area (Å²) in [7, 11) is -2.52. The van der Waals surface area contributed by atoms with Crippen LogP contribution in [0.4, 0.5) is 20.6 Å². The van der Waals surface area contributed by atoms with Crippen LogP contribution in [0.25, 0.3) is 10.8 Å². The summed E-state index contributed by atoms with van der Waals surface area (Å²) < 4.78 is 54.1. The number of nitrogens with zero attached hydrogens (tertiary/aromatic N) is 2. The van der Waals surface area contributed by atoms with Crippen LogP contribution < -0.4 is 15.4 Å². The average Bonchev–Trinajstić information content (AvgIpc) is 3.13. The van der Waals surface area contributed by atoms with Crippen LogP contribution in [0.2, 0.25) is 0 Å². The molecule has 13 heteroatoms. The summed E-state index contributed by atoms with van der Waals surface area (Å²) in [5.74, 6) is -1.02. The molecule has 0 aliphatic carbocycles. The van der Waals surface area contributed by atoms with Crippen molar-refractivity contribution < 1.29 is 37.0 Å². The summed E-state index contributed by atoms with van der Waals surface area (Å²) >= 11 is 0. The Balaban J connectivity index is 1.41. The number of fused-ring (bicyclic) bond motifs is 2. The van der Waals surface area contributed by atoms with E-state index in [1.54, 1.807) is 25.1 Å². The second kappa shape index (κ2) is 17.3. The molecule has 0 saturated carbocycles. The van der Waals surface area contributed by atoms with Crippen molar-refractivity contribution in [1.82, 2.24) is 9.21 Å². The van der Waals surface area contributed by atoms with Gasteiger partial charge in [0.1, 0.15) is 11.6 Å². The summed E-state index contributed by atoms with van der Waals surface area (Å²) in [6, 6.07) is 21.8. The fourth-order valence-corrected chi connectivity index (χ4v) is 7.40. The van der Waals surface area contributed by atoms with Crippen LogP contribution >= 0.6 is 0 Å². The van der Waals surface area contributed by atoms with Gasteiger partial charge in [-0.25, -0.2) is 17.6 Å². The number of ether oxygens (including phenoxy) is 2. The molecule has 0 bridgehead atoms. The SMILES string of the molecule is C[C@@H]1CCCCO[C@@H](CN(C)S(=O)(=O)c2ccc(F)cc2)[C@H](C)CN([C@@H](C)CO)C(=O)c2cc(NC(=O)Nc3cccc4ccccc34)ccc2O1. The molecule has 4 aromatic rings. The minimum absolute atomic E-state index is 0.0214. The number of likely N-dealkylation sites (N-methyl/N-ethyl adjacent to an activating group) is 1. The zero-order valence-electron chi connectivity index (χ0n) is 29.9. The lowest BCUT2D eigenvalue weighted by atomic mass is 10.0. The van der Waals surface area contributed by atoms with E-state index in [1.165, 1.54) is 28.4 Å². The second-order valence-corrected chi connectivity index (χ2v) is 15.4. The fraction of sp³-hybridized carbons (Fsp3) is 0.385. The number of aliphatic hydroxyl groups excluding tert-OH is 1. The maximum Gasteiger partial charge on any atom is 0.323 e. The topological polar surface area (TPSA) is 138 Å². The summed E-state index contributed by atoms with van der Waals surface area (Å²) in [6.07, 6.45) is 1.25. The molecule has 0 radical (unpaired) electrons. The van der Waals surface area contributed by atoms with Crippen LogP contribution in [0.1, 0.15) is 50.4 Å². The van der Waals surface area contributed by atoms with Crippen molar-refractivity contribution in [2.24, 2.45) is 5.92 Å². The molecule has 4 atom stereocenters. The molecule has 0 fully saturated rings. The van der Waals surface area contributed by atoms with Gasteiger partial charge in [-0.3, -0.25) is 4.79 Å². The van der Waals surface area contributed by atoms with Gasteiger partial charge in [0, 0.05) is 43.7 Å². The Morgan fingerprint density at radius 2 is 1.75 bits per heavy atom. The number of anilines is 2. The first-order chi connectivity index (χ1) is 24.9. The molecule has 0 aromatic heterocycles.